The topological polar surface area (TPSA) is 91.0 Å². The summed E-state index contributed by atoms with van der Waals surface area (Å²) in [5, 5.41) is 5.28. The van der Waals surface area contributed by atoms with E-state index in [2.05, 4.69) is 10.6 Å². The fraction of sp³-hybridized carbons (Fsp3) is 0.438. The van der Waals surface area contributed by atoms with Gasteiger partial charge in [0.2, 0.25) is 5.91 Å². The summed E-state index contributed by atoms with van der Waals surface area (Å²) in [5.41, 5.74) is 0.376. The molecule has 1 fully saturated rings. The van der Waals surface area contributed by atoms with Crippen molar-refractivity contribution in [1.29, 1.82) is 0 Å². The lowest BCUT2D eigenvalue weighted by atomic mass is 10.2. The van der Waals surface area contributed by atoms with Crippen LogP contribution < -0.4 is 20.3 Å². The van der Waals surface area contributed by atoms with Crippen LogP contribution in [0.4, 0.5) is 15.3 Å². The monoisotopic (exact) mass is 334 g/mol. The van der Waals surface area contributed by atoms with E-state index >= 15 is 0 Å². The first kappa shape index (κ1) is 17.6. The zero-order valence-corrected chi connectivity index (χ0v) is 14.2. The summed E-state index contributed by atoms with van der Waals surface area (Å²) in [6, 6.07) is 5.39. The van der Waals surface area contributed by atoms with Gasteiger partial charge in [-0.1, -0.05) is 19.9 Å². The van der Waals surface area contributed by atoms with Crippen molar-refractivity contribution in [2.45, 2.75) is 27.1 Å². The zero-order valence-electron chi connectivity index (χ0n) is 14.2. The normalized spacial score (nSPS) is 15.1. The van der Waals surface area contributed by atoms with Gasteiger partial charge in [-0.15, -0.1) is 0 Å². The van der Waals surface area contributed by atoms with E-state index in [0.29, 0.717) is 18.0 Å². The number of methoxy groups -OCH3 is 1. The van der Waals surface area contributed by atoms with Gasteiger partial charge in [-0.2, -0.15) is 0 Å². The highest BCUT2D eigenvalue weighted by Gasteiger charge is 2.36. The minimum Gasteiger partial charge on any atom is -0.497 e. The van der Waals surface area contributed by atoms with E-state index in [1.54, 1.807) is 24.3 Å². The number of carbonyl (C=O) groups is 3. The van der Waals surface area contributed by atoms with Gasteiger partial charge in [0.1, 0.15) is 5.75 Å². The molecule has 1 aromatic rings. The van der Waals surface area contributed by atoms with Crippen LogP contribution in [0.1, 0.15) is 20.8 Å². The molecule has 0 unspecified atom stereocenters. The molecule has 0 radical (unpaired) electrons. The molecule has 1 aliphatic heterocycles. The Hall–Kier alpha value is -2.77. The minimum absolute atomic E-state index is 0.194. The SMILES string of the molecule is COc1cccc(N2C(=O)NC(N(CC(C)C)C(C)=O)NC2=O)c1. The smallest absolute Gasteiger partial charge is 0.333 e. The van der Waals surface area contributed by atoms with Gasteiger partial charge >= 0.3 is 12.1 Å². The van der Waals surface area contributed by atoms with Crippen molar-refractivity contribution >= 4 is 23.7 Å². The van der Waals surface area contributed by atoms with Crippen LogP contribution in [-0.4, -0.2) is 42.8 Å². The van der Waals surface area contributed by atoms with Crippen molar-refractivity contribution < 1.29 is 19.1 Å². The Kier molecular flexibility index (Phi) is 5.28. The summed E-state index contributed by atoms with van der Waals surface area (Å²) in [4.78, 5) is 39.0. The Bertz CT molecular complexity index is 629. The Morgan fingerprint density at radius 3 is 2.42 bits per heavy atom. The number of urea groups is 2. The van der Waals surface area contributed by atoms with Gasteiger partial charge in [-0.05, 0) is 18.1 Å². The molecule has 130 valence electrons. The van der Waals surface area contributed by atoms with Gasteiger partial charge in [0.05, 0.1) is 12.8 Å². The van der Waals surface area contributed by atoms with E-state index in [1.165, 1.54) is 18.9 Å². The molecule has 24 heavy (non-hydrogen) atoms. The summed E-state index contributed by atoms with van der Waals surface area (Å²) in [7, 11) is 1.50. The minimum atomic E-state index is -0.869. The molecule has 0 aromatic heterocycles. The quantitative estimate of drug-likeness (QED) is 0.858. The molecule has 8 heteroatoms. The molecule has 1 heterocycles. The second-order valence-corrected chi connectivity index (χ2v) is 5.90. The first-order chi connectivity index (χ1) is 11.3. The molecule has 0 saturated carbocycles. The third-order valence-corrected chi connectivity index (χ3v) is 3.52. The molecule has 0 bridgehead atoms. The van der Waals surface area contributed by atoms with Crippen molar-refractivity contribution in [1.82, 2.24) is 15.5 Å². The molecule has 1 aliphatic rings. The van der Waals surface area contributed by atoms with Crippen LogP contribution in [0.5, 0.6) is 5.75 Å². The van der Waals surface area contributed by atoms with Gasteiger partial charge in [-0.3, -0.25) is 15.4 Å². The van der Waals surface area contributed by atoms with Crippen molar-refractivity contribution in [3.8, 4) is 5.75 Å². The van der Waals surface area contributed by atoms with Crippen LogP contribution in [0.15, 0.2) is 24.3 Å². The lowest BCUT2D eigenvalue weighted by Crippen LogP contribution is -2.69. The molecule has 1 aromatic carbocycles. The first-order valence-corrected chi connectivity index (χ1v) is 7.66. The van der Waals surface area contributed by atoms with E-state index < -0.39 is 18.4 Å². The largest absolute Gasteiger partial charge is 0.497 e. The number of nitrogens with zero attached hydrogens (tertiary/aromatic N) is 2. The van der Waals surface area contributed by atoms with Crippen LogP contribution in [0.2, 0.25) is 0 Å². The van der Waals surface area contributed by atoms with Gasteiger partial charge in [-0.25, -0.2) is 14.5 Å². The molecule has 8 nitrogen and oxygen atoms in total. The molecular formula is C16H22N4O4. The van der Waals surface area contributed by atoms with Crippen LogP contribution in [0.3, 0.4) is 0 Å². The Morgan fingerprint density at radius 2 is 1.92 bits per heavy atom. The maximum atomic E-state index is 12.4. The second kappa shape index (κ2) is 7.20. The molecule has 0 aliphatic carbocycles. The number of imide groups is 1. The second-order valence-electron chi connectivity index (χ2n) is 5.90. The summed E-state index contributed by atoms with van der Waals surface area (Å²) in [6.45, 7) is 5.71. The van der Waals surface area contributed by atoms with Gasteiger partial charge in [0.25, 0.3) is 0 Å². The number of hydrogen-bond donors (Lipinski definition) is 2. The molecular weight excluding hydrogens is 312 g/mol. The average Bonchev–Trinajstić information content (AvgIpc) is 2.51. The number of benzene rings is 1. The van der Waals surface area contributed by atoms with Crippen molar-refractivity contribution in [2.75, 3.05) is 18.6 Å². The molecule has 2 rings (SSSR count). The molecule has 0 spiro atoms. The number of carbonyl (C=O) groups excluding carboxylic acids is 3. The summed E-state index contributed by atoms with van der Waals surface area (Å²) in [6.07, 6.45) is -0.869. The van der Waals surface area contributed by atoms with E-state index in [-0.39, 0.29) is 11.8 Å². The van der Waals surface area contributed by atoms with Crippen LogP contribution in [-0.2, 0) is 4.79 Å². The number of nitrogens with one attached hydrogen (secondary N) is 2. The Morgan fingerprint density at radius 1 is 1.29 bits per heavy atom. The summed E-state index contributed by atoms with van der Waals surface area (Å²) < 4.78 is 5.11. The Balaban J connectivity index is 2.21. The van der Waals surface area contributed by atoms with Gasteiger partial charge < -0.3 is 9.64 Å². The number of hydrogen-bond acceptors (Lipinski definition) is 4. The van der Waals surface area contributed by atoms with Crippen molar-refractivity contribution in [2.24, 2.45) is 5.92 Å². The first-order valence-electron chi connectivity index (χ1n) is 7.66. The fourth-order valence-corrected chi connectivity index (χ4v) is 2.44. The third-order valence-electron chi connectivity index (χ3n) is 3.52. The number of amides is 5. The zero-order chi connectivity index (χ0) is 17.9. The summed E-state index contributed by atoms with van der Waals surface area (Å²) in [5.74, 6) is 0.489. The highest BCUT2D eigenvalue weighted by Crippen LogP contribution is 2.22. The highest BCUT2D eigenvalue weighted by atomic mass is 16.5. The predicted molar refractivity (Wildman–Crippen MR) is 88.5 cm³/mol. The molecule has 5 amide bonds. The van der Waals surface area contributed by atoms with Gasteiger partial charge in [0, 0.05) is 19.5 Å². The predicted octanol–water partition coefficient (Wildman–Crippen LogP) is 1.72. The molecule has 1 saturated heterocycles. The van der Waals surface area contributed by atoms with E-state index in [9.17, 15) is 14.4 Å². The number of ether oxygens (including phenoxy) is 1. The maximum Gasteiger partial charge on any atom is 0.333 e. The number of rotatable bonds is 5. The standard InChI is InChI=1S/C16H22N4O4/c1-10(2)9-19(11(3)21)14-17-15(22)20(16(23)18-14)12-6-5-7-13(8-12)24-4/h5-8,10,14H,9H2,1-4H3,(H,17,22)(H,18,23). The van der Waals surface area contributed by atoms with Crippen molar-refractivity contribution in [3.63, 3.8) is 0 Å². The third kappa shape index (κ3) is 3.76. The van der Waals surface area contributed by atoms with E-state index in [4.69, 9.17) is 4.74 Å². The van der Waals surface area contributed by atoms with Gasteiger partial charge in [0.15, 0.2) is 6.29 Å². The molecule has 2 N–H and O–H groups in total. The fourth-order valence-electron chi connectivity index (χ4n) is 2.44. The number of anilines is 1. The lowest BCUT2D eigenvalue weighted by Gasteiger charge is -2.38. The Labute approximate surface area is 140 Å². The lowest BCUT2D eigenvalue weighted by molar-refractivity contribution is -0.132. The maximum absolute atomic E-state index is 12.4. The summed E-state index contributed by atoms with van der Waals surface area (Å²) >= 11 is 0. The average molecular weight is 334 g/mol. The van der Waals surface area contributed by atoms with Crippen molar-refractivity contribution in [3.05, 3.63) is 24.3 Å². The van der Waals surface area contributed by atoms with E-state index in [0.717, 1.165) is 4.90 Å². The van der Waals surface area contributed by atoms with Crippen LogP contribution >= 0.6 is 0 Å². The van der Waals surface area contributed by atoms with E-state index in [1.807, 2.05) is 13.8 Å². The van der Waals surface area contributed by atoms with Crippen LogP contribution in [0.25, 0.3) is 0 Å². The van der Waals surface area contributed by atoms with Crippen LogP contribution in [0, 0.1) is 5.92 Å². The highest BCUT2D eigenvalue weighted by molar-refractivity contribution is 6.15. The molecule has 0 atom stereocenters.